The minimum Gasteiger partial charge on any atom is -0.496 e. The van der Waals surface area contributed by atoms with Crippen LogP contribution in [0, 0.1) is 5.92 Å². The second kappa shape index (κ2) is 6.57. The molecule has 1 atom stereocenters. The predicted molar refractivity (Wildman–Crippen MR) is 82.2 cm³/mol. The third kappa shape index (κ3) is 3.02. The first-order chi connectivity index (χ1) is 9.67. The fourth-order valence-electron chi connectivity index (χ4n) is 2.36. The number of ether oxygens (including phenoxy) is 1. The normalized spacial score (nSPS) is 12.7. The smallest absolute Gasteiger partial charge is 0.134 e. The molecule has 0 aliphatic carbocycles. The molecule has 1 aromatic heterocycles. The number of benzene rings is 1. The fraction of sp³-hybridized carbons (Fsp3) is 0.438. The Balaban J connectivity index is 2.39. The molecule has 1 aromatic carbocycles. The van der Waals surface area contributed by atoms with Crippen LogP contribution in [0.1, 0.15) is 20.3 Å². The number of nitrogens with zero attached hydrogens (tertiary/aromatic N) is 1. The van der Waals surface area contributed by atoms with Crippen LogP contribution in [0.15, 0.2) is 30.5 Å². The maximum absolute atomic E-state index is 9.18. The molecule has 0 aliphatic heterocycles. The quantitative estimate of drug-likeness (QED) is 0.850. The van der Waals surface area contributed by atoms with Crippen LogP contribution in [-0.4, -0.2) is 29.8 Å². The third-order valence-electron chi connectivity index (χ3n) is 3.55. The van der Waals surface area contributed by atoms with E-state index in [1.165, 1.54) is 0 Å². The molecule has 108 valence electrons. The number of anilines is 1. The molecule has 1 heterocycles. The lowest BCUT2D eigenvalue weighted by Crippen LogP contribution is -2.27. The third-order valence-corrected chi connectivity index (χ3v) is 3.55. The highest BCUT2D eigenvalue weighted by atomic mass is 16.5. The van der Waals surface area contributed by atoms with Gasteiger partial charge >= 0.3 is 0 Å². The van der Waals surface area contributed by atoms with E-state index in [9.17, 15) is 5.11 Å². The van der Waals surface area contributed by atoms with Crippen molar-refractivity contribution in [3.63, 3.8) is 0 Å². The van der Waals surface area contributed by atoms with Gasteiger partial charge in [-0.05, 0) is 24.5 Å². The lowest BCUT2D eigenvalue weighted by molar-refractivity contribution is 0.267. The van der Waals surface area contributed by atoms with Gasteiger partial charge in [-0.25, -0.2) is 4.98 Å². The van der Waals surface area contributed by atoms with Gasteiger partial charge in [0.1, 0.15) is 11.6 Å². The van der Waals surface area contributed by atoms with Crippen molar-refractivity contribution >= 4 is 16.6 Å². The van der Waals surface area contributed by atoms with Crippen LogP contribution in [0.3, 0.4) is 0 Å². The molecule has 2 N–H and O–H groups in total. The van der Waals surface area contributed by atoms with Crippen LogP contribution >= 0.6 is 0 Å². The molecule has 0 bridgehead atoms. The van der Waals surface area contributed by atoms with Gasteiger partial charge in [-0.3, -0.25) is 0 Å². The van der Waals surface area contributed by atoms with Crippen molar-refractivity contribution in [1.29, 1.82) is 0 Å². The number of fused-ring (bicyclic) bond motifs is 1. The van der Waals surface area contributed by atoms with Gasteiger partial charge in [0.2, 0.25) is 0 Å². The molecule has 4 heteroatoms. The molecule has 20 heavy (non-hydrogen) atoms. The Morgan fingerprint density at radius 3 is 2.70 bits per heavy atom. The predicted octanol–water partition coefficient (Wildman–Crippen LogP) is 3.06. The first kappa shape index (κ1) is 14.6. The van der Waals surface area contributed by atoms with Gasteiger partial charge in [0.25, 0.3) is 0 Å². The molecule has 0 saturated heterocycles. The monoisotopic (exact) mass is 274 g/mol. The molecule has 2 rings (SSSR count). The van der Waals surface area contributed by atoms with Gasteiger partial charge < -0.3 is 15.2 Å². The Hall–Kier alpha value is -1.81. The summed E-state index contributed by atoms with van der Waals surface area (Å²) in [6, 6.07) is 8.09. The lowest BCUT2D eigenvalue weighted by atomic mass is 10.0. The minimum absolute atomic E-state index is 0.171. The number of methoxy groups -OCH3 is 1. The molecule has 2 aromatic rings. The summed E-state index contributed by atoms with van der Waals surface area (Å²) in [6.45, 7) is 4.45. The van der Waals surface area contributed by atoms with Crippen LogP contribution in [0.4, 0.5) is 5.82 Å². The molecule has 4 nitrogen and oxygen atoms in total. The Morgan fingerprint density at radius 2 is 2.05 bits per heavy atom. The van der Waals surface area contributed by atoms with E-state index in [0.29, 0.717) is 12.3 Å². The summed E-state index contributed by atoms with van der Waals surface area (Å²) in [7, 11) is 1.67. The summed E-state index contributed by atoms with van der Waals surface area (Å²) >= 11 is 0. The van der Waals surface area contributed by atoms with Crippen molar-refractivity contribution in [1.82, 2.24) is 4.98 Å². The first-order valence-corrected chi connectivity index (χ1v) is 6.96. The van der Waals surface area contributed by atoms with Crippen molar-refractivity contribution in [3.05, 3.63) is 30.5 Å². The molecule has 0 fully saturated rings. The van der Waals surface area contributed by atoms with Crippen molar-refractivity contribution < 1.29 is 9.84 Å². The van der Waals surface area contributed by atoms with Crippen LogP contribution in [0.5, 0.6) is 5.75 Å². The minimum atomic E-state index is 0.171. The summed E-state index contributed by atoms with van der Waals surface area (Å²) in [6.07, 6.45) is 2.49. The van der Waals surface area contributed by atoms with E-state index < -0.39 is 0 Å². The van der Waals surface area contributed by atoms with Gasteiger partial charge in [0.05, 0.1) is 7.11 Å². The molecule has 0 saturated carbocycles. The molecule has 0 radical (unpaired) electrons. The zero-order valence-electron chi connectivity index (χ0n) is 12.3. The maximum Gasteiger partial charge on any atom is 0.134 e. The average molecular weight is 274 g/mol. The van der Waals surface area contributed by atoms with Crippen molar-refractivity contribution in [3.8, 4) is 5.75 Å². The van der Waals surface area contributed by atoms with Crippen LogP contribution < -0.4 is 10.1 Å². The summed E-state index contributed by atoms with van der Waals surface area (Å²) in [4.78, 5) is 4.44. The Morgan fingerprint density at radius 1 is 1.25 bits per heavy atom. The summed E-state index contributed by atoms with van der Waals surface area (Å²) in [5.74, 6) is 2.11. The number of nitrogens with one attached hydrogen (secondary N) is 1. The number of hydrogen-bond acceptors (Lipinski definition) is 4. The fourth-order valence-corrected chi connectivity index (χ4v) is 2.36. The zero-order valence-corrected chi connectivity index (χ0v) is 12.3. The topological polar surface area (TPSA) is 54.4 Å². The maximum atomic E-state index is 9.18. The number of aromatic nitrogens is 1. The van der Waals surface area contributed by atoms with Crippen molar-refractivity contribution in [2.75, 3.05) is 19.0 Å². The van der Waals surface area contributed by atoms with Gasteiger partial charge in [0, 0.05) is 29.6 Å². The molecular formula is C16H22N2O2. The van der Waals surface area contributed by atoms with Crippen LogP contribution in [0.25, 0.3) is 10.8 Å². The second-order valence-electron chi connectivity index (χ2n) is 5.22. The Bertz CT molecular complexity index is 569. The highest BCUT2D eigenvalue weighted by Gasteiger charge is 2.15. The van der Waals surface area contributed by atoms with Crippen LogP contribution in [-0.2, 0) is 0 Å². The summed E-state index contributed by atoms with van der Waals surface area (Å²) < 4.78 is 5.39. The largest absolute Gasteiger partial charge is 0.496 e. The average Bonchev–Trinajstić information content (AvgIpc) is 2.46. The highest BCUT2D eigenvalue weighted by molar-refractivity contribution is 5.95. The number of rotatable bonds is 6. The van der Waals surface area contributed by atoms with Crippen LogP contribution in [0.2, 0.25) is 0 Å². The molecule has 0 spiro atoms. The number of pyridine rings is 1. The second-order valence-corrected chi connectivity index (χ2v) is 5.22. The van der Waals surface area contributed by atoms with E-state index in [1.54, 1.807) is 13.3 Å². The Kier molecular flexibility index (Phi) is 4.79. The van der Waals surface area contributed by atoms with Gasteiger partial charge in [-0.15, -0.1) is 0 Å². The standard InChI is InChI=1S/C16H22N2O2/c1-11(2)14(8-10-19)18-16-13-5-4-6-15(20-3)12(13)7-9-17-16/h4-7,9,11,14,19H,8,10H2,1-3H3,(H,17,18). The number of hydrogen-bond donors (Lipinski definition) is 2. The summed E-state index contributed by atoms with van der Waals surface area (Å²) in [5.41, 5.74) is 0. The van der Waals surface area contributed by atoms with E-state index in [4.69, 9.17) is 4.74 Å². The molecule has 1 unspecified atom stereocenters. The first-order valence-electron chi connectivity index (χ1n) is 6.96. The zero-order chi connectivity index (χ0) is 14.5. The number of aliphatic hydroxyl groups excluding tert-OH is 1. The van der Waals surface area contributed by atoms with Gasteiger partial charge in [0.15, 0.2) is 0 Å². The summed E-state index contributed by atoms with van der Waals surface area (Å²) in [5, 5.41) is 14.7. The molecule has 0 amide bonds. The van der Waals surface area contributed by atoms with Gasteiger partial charge in [-0.2, -0.15) is 0 Å². The number of aliphatic hydroxyl groups is 1. The van der Waals surface area contributed by atoms with Gasteiger partial charge in [-0.1, -0.05) is 26.0 Å². The molecule has 0 aliphatic rings. The van der Waals surface area contributed by atoms with E-state index in [-0.39, 0.29) is 12.6 Å². The Labute approximate surface area is 119 Å². The van der Waals surface area contributed by atoms with E-state index in [1.807, 2.05) is 24.3 Å². The van der Waals surface area contributed by atoms with Crippen molar-refractivity contribution in [2.45, 2.75) is 26.3 Å². The van der Waals surface area contributed by atoms with E-state index >= 15 is 0 Å². The lowest BCUT2D eigenvalue weighted by Gasteiger charge is -2.23. The highest BCUT2D eigenvalue weighted by Crippen LogP contribution is 2.29. The van der Waals surface area contributed by atoms with E-state index in [2.05, 4.69) is 24.1 Å². The molecular weight excluding hydrogens is 252 g/mol. The van der Waals surface area contributed by atoms with E-state index in [0.717, 1.165) is 22.3 Å². The SMILES string of the molecule is COc1cccc2c(NC(CCO)C(C)C)nccc12. The van der Waals surface area contributed by atoms with Crippen molar-refractivity contribution in [2.24, 2.45) is 5.92 Å².